The largest absolute Gasteiger partial charge is 0.362 e. The van der Waals surface area contributed by atoms with E-state index in [-0.39, 0.29) is 18.2 Å². The van der Waals surface area contributed by atoms with Gasteiger partial charge in [-0.2, -0.15) is 0 Å². The maximum atomic E-state index is 12.1. The van der Waals surface area contributed by atoms with Gasteiger partial charge in [-0.15, -0.1) is 10.2 Å². The van der Waals surface area contributed by atoms with E-state index in [0.29, 0.717) is 15.6 Å². The van der Waals surface area contributed by atoms with Crippen LogP contribution in [0.25, 0.3) is 0 Å². The van der Waals surface area contributed by atoms with Crippen LogP contribution >= 0.6 is 34.8 Å². The zero-order valence-corrected chi connectivity index (χ0v) is 14.9. The highest BCUT2D eigenvalue weighted by Crippen LogP contribution is 2.26. The van der Waals surface area contributed by atoms with Crippen molar-refractivity contribution in [3.63, 3.8) is 0 Å². The van der Waals surface area contributed by atoms with Gasteiger partial charge in [0.15, 0.2) is 10.7 Å². The Morgan fingerprint density at radius 1 is 1.31 bits per heavy atom. The molecule has 2 aromatic heterocycles. The Balaban J connectivity index is 1.74. The first-order valence-electron chi connectivity index (χ1n) is 6.88. The molecular weight excluding hydrogens is 409 g/mol. The van der Waals surface area contributed by atoms with Gasteiger partial charge in [-0.1, -0.05) is 46.0 Å². The normalized spacial score (nSPS) is 10.7. The van der Waals surface area contributed by atoms with E-state index in [0.717, 1.165) is 0 Å². The Kier molecular flexibility index (Phi) is 5.07. The fraction of sp³-hybridized carbons (Fsp3) is 0.0769. The minimum absolute atomic E-state index is 0.0418. The summed E-state index contributed by atoms with van der Waals surface area (Å²) in [4.78, 5) is 26.0. The van der Waals surface area contributed by atoms with Crippen molar-refractivity contribution in [1.82, 2.24) is 25.0 Å². The number of nitro groups is 1. The third kappa shape index (κ3) is 3.62. The number of nitrogens with one attached hydrogen (secondary N) is 2. The molecule has 10 nitrogen and oxygen atoms in total. The standard InChI is InChI=1S/C13H8Cl3N7O3/c14-7-2-1-3-8(15)6(7)4-22-5-17-13(21-22)18-12(24)10-9(16)11(20-19-10)23(25)26/h1-3,5H,4H2,(H,19,20)(H,18,21,24). The number of H-pyrrole nitrogens is 1. The number of hydrogen-bond donors (Lipinski definition) is 2. The molecular formula is C13H8Cl3N7O3. The number of aromatic nitrogens is 5. The quantitative estimate of drug-likeness (QED) is 0.485. The van der Waals surface area contributed by atoms with E-state index in [1.54, 1.807) is 18.2 Å². The summed E-state index contributed by atoms with van der Waals surface area (Å²) >= 11 is 18.0. The predicted octanol–water partition coefficient (Wildman–Crippen LogP) is 3.17. The van der Waals surface area contributed by atoms with Gasteiger partial charge in [-0.05, 0) is 17.1 Å². The van der Waals surface area contributed by atoms with Gasteiger partial charge in [0.25, 0.3) is 5.91 Å². The first-order valence-corrected chi connectivity index (χ1v) is 8.02. The molecule has 0 radical (unpaired) electrons. The van der Waals surface area contributed by atoms with Crippen LogP contribution in [-0.2, 0) is 6.54 Å². The van der Waals surface area contributed by atoms with E-state index in [4.69, 9.17) is 34.8 Å². The first kappa shape index (κ1) is 18.1. The van der Waals surface area contributed by atoms with Crippen molar-refractivity contribution in [1.29, 1.82) is 0 Å². The van der Waals surface area contributed by atoms with Crippen LogP contribution in [0.15, 0.2) is 24.5 Å². The van der Waals surface area contributed by atoms with Crippen LogP contribution in [0.1, 0.15) is 16.1 Å². The molecule has 1 aromatic carbocycles. The predicted molar refractivity (Wildman–Crippen MR) is 93.8 cm³/mol. The molecule has 0 spiro atoms. The third-order valence-corrected chi connectivity index (χ3v) is 4.30. The number of rotatable bonds is 5. The Morgan fingerprint density at radius 2 is 2.00 bits per heavy atom. The monoisotopic (exact) mass is 415 g/mol. The topological polar surface area (TPSA) is 132 Å². The lowest BCUT2D eigenvalue weighted by atomic mass is 10.2. The number of amides is 1. The maximum Gasteiger partial charge on any atom is 0.362 e. The van der Waals surface area contributed by atoms with Gasteiger partial charge in [-0.25, -0.2) is 9.67 Å². The van der Waals surface area contributed by atoms with Gasteiger partial charge in [0.2, 0.25) is 5.95 Å². The fourth-order valence-corrected chi connectivity index (χ4v) is 2.78. The molecule has 0 saturated carbocycles. The van der Waals surface area contributed by atoms with Crippen LogP contribution in [0.3, 0.4) is 0 Å². The second-order valence-electron chi connectivity index (χ2n) is 4.91. The first-order chi connectivity index (χ1) is 12.4. The molecule has 13 heteroatoms. The summed E-state index contributed by atoms with van der Waals surface area (Å²) < 4.78 is 1.41. The van der Waals surface area contributed by atoms with Crippen LogP contribution in [-0.4, -0.2) is 35.8 Å². The van der Waals surface area contributed by atoms with E-state index in [9.17, 15) is 14.9 Å². The fourth-order valence-electron chi connectivity index (χ4n) is 2.02. The van der Waals surface area contributed by atoms with E-state index in [1.807, 2.05) is 0 Å². The average molecular weight is 417 g/mol. The van der Waals surface area contributed by atoms with Crippen molar-refractivity contribution in [2.45, 2.75) is 6.54 Å². The molecule has 0 unspecified atom stereocenters. The molecule has 0 aliphatic rings. The highest BCUT2D eigenvalue weighted by Gasteiger charge is 2.25. The van der Waals surface area contributed by atoms with Gasteiger partial charge < -0.3 is 10.1 Å². The van der Waals surface area contributed by atoms with Crippen molar-refractivity contribution in [3.05, 3.63) is 61.0 Å². The molecule has 3 aromatic rings. The minimum atomic E-state index is -0.798. The second-order valence-corrected chi connectivity index (χ2v) is 6.10. The Hall–Kier alpha value is -2.69. The van der Waals surface area contributed by atoms with E-state index >= 15 is 0 Å². The molecule has 0 aliphatic heterocycles. The summed E-state index contributed by atoms with van der Waals surface area (Å²) in [6.07, 6.45) is 1.36. The Bertz CT molecular complexity index is 981. The number of halogens is 3. The van der Waals surface area contributed by atoms with Crippen molar-refractivity contribution in [2.75, 3.05) is 5.32 Å². The minimum Gasteiger partial charge on any atom is -0.358 e. The van der Waals surface area contributed by atoms with Crippen LogP contribution < -0.4 is 5.32 Å². The summed E-state index contributed by atoms with van der Waals surface area (Å²) in [7, 11) is 0. The lowest BCUT2D eigenvalue weighted by molar-refractivity contribution is -0.389. The number of benzene rings is 1. The number of hydrogen-bond acceptors (Lipinski definition) is 6. The van der Waals surface area contributed by atoms with Crippen molar-refractivity contribution >= 4 is 52.5 Å². The molecule has 3 rings (SSSR count). The molecule has 0 saturated heterocycles. The molecule has 26 heavy (non-hydrogen) atoms. The van der Waals surface area contributed by atoms with Crippen molar-refractivity contribution in [2.24, 2.45) is 0 Å². The number of aromatic amines is 1. The molecule has 1 amide bonds. The third-order valence-electron chi connectivity index (χ3n) is 3.23. The van der Waals surface area contributed by atoms with Gasteiger partial charge in [0.05, 0.1) is 6.54 Å². The molecule has 2 heterocycles. The van der Waals surface area contributed by atoms with Crippen LogP contribution in [0, 0.1) is 10.1 Å². The summed E-state index contributed by atoms with van der Waals surface area (Å²) in [5.41, 5.74) is 0.299. The lowest BCUT2D eigenvalue weighted by Crippen LogP contribution is -2.14. The van der Waals surface area contributed by atoms with Gasteiger partial charge in [-0.3, -0.25) is 10.1 Å². The second kappa shape index (κ2) is 7.28. The summed E-state index contributed by atoms with van der Waals surface area (Å²) in [6, 6.07) is 5.09. The molecule has 0 fully saturated rings. The van der Waals surface area contributed by atoms with Crippen LogP contribution in [0.2, 0.25) is 15.1 Å². The van der Waals surface area contributed by atoms with Crippen molar-refractivity contribution < 1.29 is 9.72 Å². The summed E-state index contributed by atoms with van der Waals surface area (Å²) in [6.45, 7) is 0.232. The van der Waals surface area contributed by atoms with E-state index in [1.165, 1.54) is 11.0 Å². The van der Waals surface area contributed by atoms with Crippen LogP contribution in [0.4, 0.5) is 11.8 Å². The Labute approximate surface area is 160 Å². The smallest absolute Gasteiger partial charge is 0.358 e. The number of nitrogens with zero attached hydrogens (tertiary/aromatic N) is 5. The molecule has 0 aliphatic carbocycles. The zero-order valence-electron chi connectivity index (χ0n) is 12.6. The summed E-state index contributed by atoms with van der Waals surface area (Å²) in [5.74, 6) is -1.42. The average Bonchev–Trinajstić information content (AvgIpc) is 3.17. The Morgan fingerprint density at radius 3 is 2.62 bits per heavy atom. The number of anilines is 1. The van der Waals surface area contributed by atoms with Crippen LogP contribution in [0.5, 0.6) is 0 Å². The SMILES string of the molecule is O=C(Nc1ncn(Cc2c(Cl)cccc2Cl)n1)c1n[nH]c([N+](=O)[O-])c1Cl. The van der Waals surface area contributed by atoms with Gasteiger partial charge in [0.1, 0.15) is 6.33 Å². The highest BCUT2D eigenvalue weighted by atomic mass is 35.5. The van der Waals surface area contributed by atoms with Gasteiger partial charge >= 0.3 is 5.82 Å². The molecule has 134 valence electrons. The highest BCUT2D eigenvalue weighted by molar-refractivity contribution is 6.36. The summed E-state index contributed by atoms with van der Waals surface area (Å²) in [5, 5.41) is 23.3. The zero-order chi connectivity index (χ0) is 18.8. The number of carbonyl (C=O) groups excluding carboxylic acids is 1. The van der Waals surface area contributed by atoms with E-state index in [2.05, 4.69) is 25.6 Å². The van der Waals surface area contributed by atoms with Crippen molar-refractivity contribution in [3.8, 4) is 0 Å². The van der Waals surface area contributed by atoms with Gasteiger partial charge in [0, 0.05) is 15.6 Å². The maximum absolute atomic E-state index is 12.1. The molecule has 2 N–H and O–H groups in total. The van der Waals surface area contributed by atoms with E-state index < -0.39 is 21.7 Å². The molecule has 0 atom stereocenters. The lowest BCUT2D eigenvalue weighted by Gasteiger charge is -2.06. The number of carbonyl (C=O) groups is 1. The molecule has 0 bridgehead atoms.